The first-order valence-electron chi connectivity index (χ1n) is 9.28. The predicted molar refractivity (Wildman–Crippen MR) is 103 cm³/mol. The fourth-order valence-electron chi connectivity index (χ4n) is 3.91. The largest absolute Gasteiger partial charge is 0.352 e. The molecule has 8 heteroatoms. The van der Waals surface area contributed by atoms with Crippen LogP contribution in [0.15, 0.2) is 34.2 Å². The normalized spacial score (nSPS) is 22.7. The van der Waals surface area contributed by atoms with Crippen molar-refractivity contribution in [2.75, 3.05) is 20.1 Å². The molecule has 2 fully saturated rings. The number of primary sulfonamides is 1. The molecule has 1 heterocycles. The molecule has 0 bridgehead atoms. The smallest absolute Gasteiger partial charge is 0.238 e. The molecule has 2 aliphatic rings. The molecule has 0 aromatic heterocycles. The van der Waals surface area contributed by atoms with E-state index in [1.165, 1.54) is 31.7 Å². The van der Waals surface area contributed by atoms with Crippen molar-refractivity contribution in [1.29, 1.82) is 0 Å². The lowest BCUT2D eigenvalue weighted by Crippen LogP contribution is -2.45. The highest BCUT2D eigenvalue weighted by molar-refractivity contribution is 7.89. The van der Waals surface area contributed by atoms with Crippen molar-refractivity contribution < 1.29 is 8.42 Å². The first-order chi connectivity index (χ1) is 12.5. The Labute approximate surface area is 156 Å². The molecule has 0 spiro atoms. The maximum Gasteiger partial charge on any atom is 0.238 e. The van der Waals surface area contributed by atoms with Gasteiger partial charge in [0.1, 0.15) is 0 Å². The molecule has 4 N–H and O–H groups in total. The molecular formula is C18H29N5O2S. The molecule has 0 radical (unpaired) electrons. The van der Waals surface area contributed by atoms with Crippen LogP contribution in [-0.2, 0) is 16.6 Å². The summed E-state index contributed by atoms with van der Waals surface area (Å²) >= 11 is 0. The maximum absolute atomic E-state index is 11.5. The third kappa shape index (κ3) is 4.96. The van der Waals surface area contributed by atoms with Gasteiger partial charge in [0.2, 0.25) is 10.0 Å². The second-order valence-corrected chi connectivity index (χ2v) is 8.74. The van der Waals surface area contributed by atoms with E-state index in [1.807, 2.05) is 6.07 Å². The van der Waals surface area contributed by atoms with Crippen LogP contribution in [0.1, 0.15) is 37.7 Å². The Morgan fingerprint density at radius 1 is 1.31 bits per heavy atom. The summed E-state index contributed by atoms with van der Waals surface area (Å²) in [5.41, 5.74) is 0.846. The van der Waals surface area contributed by atoms with Crippen molar-refractivity contribution in [2.45, 2.75) is 55.6 Å². The minimum absolute atomic E-state index is 0.128. The Kier molecular flexibility index (Phi) is 6.16. The van der Waals surface area contributed by atoms with E-state index in [0.29, 0.717) is 12.6 Å². The number of benzene rings is 1. The number of rotatable bonds is 5. The highest BCUT2D eigenvalue weighted by Crippen LogP contribution is 2.26. The predicted octanol–water partition coefficient (Wildman–Crippen LogP) is 1.02. The van der Waals surface area contributed by atoms with Crippen LogP contribution in [0, 0.1) is 0 Å². The van der Waals surface area contributed by atoms with Crippen LogP contribution in [0.2, 0.25) is 0 Å². The molecule has 1 atom stereocenters. The van der Waals surface area contributed by atoms with Crippen molar-refractivity contribution in [3.8, 4) is 0 Å². The molecule has 7 nitrogen and oxygen atoms in total. The summed E-state index contributed by atoms with van der Waals surface area (Å²) in [6.07, 6.45) is 6.51. The van der Waals surface area contributed by atoms with Gasteiger partial charge >= 0.3 is 0 Å². The highest BCUT2D eigenvalue weighted by Gasteiger charge is 2.30. The van der Waals surface area contributed by atoms with E-state index in [1.54, 1.807) is 19.2 Å². The van der Waals surface area contributed by atoms with Gasteiger partial charge < -0.3 is 10.6 Å². The third-order valence-electron chi connectivity index (χ3n) is 5.31. The second kappa shape index (κ2) is 8.37. The van der Waals surface area contributed by atoms with E-state index >= 15 is 0 Å². The number of guanidine groups is 1. The lowest BCUT2D eigenvalue weighted by atomic mass is 10.2. The van der Waals surface area contributed by atoms with Crippen molar-refractivity contribution in [3.63, 3.8) is 0 Å². The molecule has 1 aliphatic heterocycles. The van der Waals surface area contributed by atoms with Crippen molar-refractivity contribution in [2.24, 2.45) is 10.1 Å². The number of likely N-dealkylation sites (tertiary alicyclic amines) is 1. The van der Waals surface area contributed by atoms with E-state index in [0.717, 1.165) is 37.1 Å². The van der Waals surface area contributed by atoms with Crippen LogP contribution in [0.3, 0.4) is 0 Å². The number of nitrogens with zero attached hydrogens (tertiary/aromatic N) is 2. The Morgan fingerprint density at radius 2 is 2.08 bits per heavy atom. The Bertz CT molecular complexity index is 744. The van der Waals surface area contributed by atoms with Crippen LogP contribution in [-0.4, -0.2) is 51.5 Å². The SMILES string of the molecule is CN=C(NCc1cccc(S(N)(=O)=O)c1)NC1CCN(C2CCCC2)C1. The van der Waals surface area contributed by atoms with Gasteiger partial charge in [0, 0.05) is 38.8 Å². The fraction of sp³-hybridized carbons (Fsp3) is 0.611. The Balaban J connectivity index is 1.51. The zero-order valence-corrected chi connectivity index (χ0v) is 16.1. The molecule has 1 aliphatic carbocycles. The van der Waals surface area contributed by atoms with Crippen LogP contribution >= 0.6 is 0 Å². The van der Waals surface area contributed by atoms with Gasteiger partial charge in [-0.3, -0.25) is 9.89 Å². The van der Waals surface area contributed by atoms with E-state index in [9.17, 15) is 8.42 Å². The number of nitrogens with one attached hydrogen (secondary N) is 2. The van der Waals surface area contributed by atoms with Gasteiger partial charge in [0.15, 0.2) is 5.96 Å². The lowest BCUT2D eigenvalue weighted by Gasteiger charge is -2.24. The Hall–Kier alpha value is -1.64. The van der Waals surface area contributed by atoms with Gasteiger partial charge in [-0.25, -0.2) is 13.6 Å². The van der Waals surface area contributed by atoms with Gasteiger partial charge in [-0.1, -0.05) is 25.0 Å². The van der Waals surface area contributed by atoms with Crippen LogP contribution in [0.5, 0.6) is 0 Å². The highest BCUT2D eigenvalue weighted by atomic mass is 32.2. The molecule has 1 aromatic rings. The average molecular weight is 380 g/mol. The first-order valence-corrected chi connectivity index (χ1v) is 10.8. The molecular weight excluding hydrogens is 350 g/mol. The molecule has 26 heavy (non-hydrogen) atoms. The monoisotopic (exact) mass is 379 g/mol. The first kappa shape index (κ1) is 19.1. The fourth-order valence-corrected chi connectivity index (χ4v) is 4.50. The summed E-state index contributed by atoms with van der Waals surface area (Å²) in [6.45, 7) is 2.70. The minimum Gasteiger partial charge on any atom is -0.352 e. The maximum atomic E-state index is 11.5. The van der Waals surface area contributed by atoms with E-state index < -0.39 is 10.0 Å². The lowest BCUT2D eigenvalue weighted by molar-refractivity contribution is 0.242. The molecule has 1 aromatic carbocycles. The van der Waals surface area contributed by atoms with Crippen LogP contribution in [0.4, 0.5) is 0 Å². The van der Waals surface area contributed by atoms with E-state index in [4.69, 9.17) is 5.14 Å². The number of hydrogen-bond donors (Lipinski definition) is 3. The van der Waals surface area contributed by atoms with Gasteiger partial charge in [-0.15, -0.1) is 0 Å². The quantitative estimate of drug-likeness (QED) is 0.524. The summed E-state index contributed by atoms with van der Waals surface area (Å²) in [5, 5.41) is 11.9. The summed E-state index contributed by atoms with van der Waals surface area (Å²) in [4.78, 5) is 7.03. The molecule has 3 rings (SSSR count). The minimum atomic E-state index is -3.68. The molecule has 1 unspecified atom stereocenters. The average Bonchev–Trinajstić information content (AvgIpc) is 3.29. The number of sulfonamides is 1. The van der Waals surface area contributed by atoms with E-state index in [2.05, 4.69) is 20.5 Å². The Morgan fingerprint density at radius 3 is 2.77 bits per heavy atom. The van der Waals surface area contributed by atoms with Crippen molar-refractivity contribution >= 4 is 16.0 Å². The van der Waals surface area contributed by atoms with E-state index in [-0.39, 0.29) is 4.90 Å². The molecule has 1 saturated carbocycles. The van der Waals surface area contributed by atoms with Gasteiger partial charge in [0.05, 0.1) is 4.90 Å². The van der Waals surface area contributed by atoms with Crippen LogP contribution in [0.25, 0.3) is 0 Å². The topological polar surface area (TPSA) is 99.8 Å². The number of hydrogen-bond acceptors (Lipinski definition) is 4. The molecule has 1 saturated heterocycles. The number of aliphatic imine (C=N–C) groups is 1. The van der Waals surface area contributed by atoms with Crippen LogP contribution < -0.4 is 15.8 Å². The third-order valence-corrected chi connectivity index (χ3v) is 6.22. The zero-order chi connectivity index (χ0) is 18.6. The second-order valence-electron chi connectivity index (χ2n) is 7.18. The van der Waals surface area contributed by atoms with Gasteiger partial charge in [-0.2, -0.15) is 0 Å². The summed E-state index contributed by atoms with van der Waals surface area (Å²) in [5.74, 6) is 0.740. The van der Waals surface area contributed by atoms with Crippen molar-refractivity contribution in [1.82, 2.24) is 15.5 Å². The summed E-state index contributed by atoms with van der Waals surface area (Å²) < 4.78 is 22.9. The zero-order valence-electron chi connectivity index (χ0n) is 15.3. The summed E-state index contributed by atoms with van der Waals surface area (Å²) in [7, 11) is -1.93. The number of nitrogens with two attached hydrogens (primary N) is 1. The molecule has 0 amide bonds. The van der Waals surface area contributed by atoms with Gasteiger partial charge in [-0.05, 0) is 37.0 Å². The van der Waals surface area contributed by atoms with Crippen molar-refractivity contribution in [3.05, 3.63) is 29.8 Å². The standard InChI is InChI=1S/C18H29N5O2S/c1-20-18(21-12-14-5-4-8-17(11-14)26(19,24)25)22-15-9-10-23(13-15)16-6-2-3-7-16/h4-5,8,11,15-16H,2-3,6-7,9-10,12-13H2,1H3,(H2,19,24,25)(H2,20,21,22). The summed E-state index contributed by atoms with van der Waals surface area (Å²) in [6, 6.07) is 7.82. The molecule has 144 valence electrons. The van der Waals surface area contributed by atoms with Gasteiger partial charge in [0.25, 0.3) is 0 Å².